The molecule has 2 nitrogen and oxygen atoms in total. The van der Waals surface area contributed by atoms with Crippen molar-refractivity contribution in [3.05, 3.63) is 35.9 Å². The number of rotatable bonds is 5. The Morgan fingerprint density at radius 2 is 1.95 bits per heavy atom. The molecule has 1 aliphatic heterocycles. The van der Waals surface area contributed by atoms with Gasteiger partial charge in [0.2, 0.25) is 0 Å². The third kappa shape index (κ3) is 3.58. The quantitative estimate of drug-likeness (QED) is 0.872. The number of nitrogens with one attached hydrogen (secondary N) is 1. The third-order valence-electron chi connectivity index (χ3n) is 4.51. The Balaban J connectivity index is 1.96. The Bertz CT molecular complexity index is 372. The summed E-state index contributed by atoms with van der Waals surface area (Å²) < 4.78 is 6.40. The average Bonchev–Trinajstić information content (AvgIpc) is 2.48. The molecule has 1 heterocycles. The minimum Gasteiger partial charge on any atom is -0.369 e. The van der Waals surface area contributed by atoms with Gasteiger partial charge >= 0.3 is 0 Å². The Kier molecular flexibility index (Phi) is 5.00. The summed E-state index contributed by atoms with van der Waals surface area (Å²) in [7, 11) is 0. The van der Waals surface area contributed by atoms with Crippen LogP contribution >= 0.6 is 0 Å². The standard InChI is InChI=1S/C17H27NO/c1-4-17(5-2)13-18-12-16(19-17)11-14(3)15-9-7-6-8-10-15/h6-10,14,16,18H,4-5,11-13H2,1-3H3. The Hall–Kier alpha value is -0.860. The van der Waals surface area contributed by atoms with E-state index in [-0.39, 0.29) is 5.60 Å². The van der Waals surface area contributed by atoms with Gasteiger partial charge < -0.3 is 10.1 Å². The summed E-state index contributed by atoms with van der Waals surface area (Å²) in [6.45, 7) is 8.74. The fourth-order valence-corrected chi connectivity index (χ4v) is 3.01. The first-order valence-electron chi connectivity index (χ1n) is 7.62. The highest BCUT2D eigenvalue weighted by atomic mass is 16.5. The third-order valence-corrected chi connectivity index (χ3v) is 4.51. The summed E-state index contributed by atoms with van der Waals surface area (Å²) >= 11 is 0. The summed E-state index contributed by atoms with van der Waals surface area (Å²) in [4.78, 5) is 0. The predicted octanol–water partition coefficient (Wildman–Crippen LogP) is 3.73. The fraction of sp³-hybridized carbons (Fsp3) is 0.647. The summed E-state index contributed by atoms with van der Waals surface area (Å²) in [5, 5.41) is 3.56. The van der Waals surface area contributed by atoms with E-state index in [4.69, 9.17) is 4.74 Å². The Morgan fingerprint density at radius 1 is 1.26 bits per heavy atom. The molecule has 0 saturated carbocycles. The lowest BCUT2D eigenvalue weighted by Gasteiger charge is -2.41. The van der Waals surface area contributed by atoms with E-state index in [9.17, 15) is 0 Å². The summed E-state index contributed by atoms with van der Waals surface area (Å²) in [6.07, 6.45) is 3.61. The SMILES string of the molecule is CCC1(CC)CNCC(CC(C)c2ccccc2)O1. The molecule has 106 valence electrons. The van der Waals surface area contributed by atoms with Gasteiger partial charge in [0.05, 0.1) is 11.7 Å². The van der Waals surface area contributed by atoms with Crippen LogP contribution in [0.15, 0.2) is 30.3 Å². The molecule has 0 radical (unpaired) electrons. The van der Waals surface area contributed by atoms with E-state index < -0.39 is 0 Å². The molecule has 2 rings (SSSR count). The van der Waals surface area contributed by atoms with Crippen molar-refractivity contribution >= 4 is 0 Å². The van der Waals surface area contributed by atoms with Crippen molar-refractivity contribution in [2.24, 2.45) is 0 Å². The monoisotopic (exact) mass is 261 g/mol. The van der Waals surface area contributed by atoms with Gasteiger partial charge in [-0.05, 0) is 30.7 Å². The summed E-state index contributed by atoms with van der Waals surface area (Å²) in [5.41, 5.74) is 1.47. The lowest BCUT2D eigenvalue weighted by Crippen LogP contribution is -2.53. The molecule has 1 aliphatic rings. The van der Waals surface area contributed by atoms with Gasteiger partial charge in [-0.25, -0.2) is 0 Å². The van der Waals surface area contributed by atoms with Crippen molar-refractivity contribution in [2.75, 3.05) is 13.1 Å². The van der Waals surface area contributed by atoms with Crippen LogP contribution in [0.4, 0.5) is 0 Å². The summed E-state index contributed by atoms with van der Waals surface area (Å²) in [5.74, 6) is 0.553. The first kappa shape index (κ1) is 14.5. The van der Waals surface area contributed by atoms with Crippen molar-refractivity contribution < 1.29 is 4.74 Å². The first-order chi connectivity index (χ1) is 9.19. The molecule has 0 aromatic heterocycles. The van der Waals surface area contributed by atoms with E-state index in [1.807, 2.05) is 0 Å². The van der Waals surface area contributed by atoms with Crippen LogP contribution in [0.25, 0.3) is 0 Å². The normalized spacial score (nSPS) is 24.1. The number of morpholine rings is 1. The molecule has 1 aromatic rings. The number of ether oxygens (including phenoxy) is 1. The zero-order chi connectivity index (χ0) is 13.7. The van der Waals surface area contributed by atoms with Crippen LogP contribution in [0.1, 0.15) is 51.5 Å². The molecule has 19 heavy (non-hydrogen) atoms. The first-order valence-corrected chi connectivity index (χ1v) is 7.62. The summed E-state index contributed by atoms with van der Waals surface area (Å²) in [6, 6.07) is 10.7. The van der Waals surface area contributed by atoms with Crippen molar-refractivity contribution in [2.45, 2.75) is 57.7 Å². The van der Waals surface area contributed by atoms with Crippen molar-refractivity contribution in [3.8, 4) is 0 Å². The van der Waals surface area contributed by atoms with Crippen LogP contribution in [-0.4, -0.2) is 24.8 Å². The molecule has 0 amide bonds. The molecule has 2 unspecified atom stereocenters. The minimum atomic E-state index is 0.0549. The van der Waals surface area contributed by atoms with Crippen LogP contribution in [0.3, 0.4) is 0 Å². The molecule has 1 fully saturated rings. The van der Waals surface area contributed by atoms with Crippen LogP contribution in [0, 0.1) is 0 Å². The molecular formula is C17H27NO. The second kappa shape index (κ2) is 6.53. The van der Waals surface area contributed by atoms with Crippen LogP contribution < -0.4 is 5.32 Å². The van der Waals surface area contributed by atoms with Crippen LogP contribution in [0.2, 0.25) is 0 Å². The fourth-order valence-electron chi connectivity index (χ4n) is 3.01. The van der Waals surface area contributed by atoms with Gasteiger partial charge in [-0.3, -0.25) is 0 Å². The molecule has 1 aromatic carbocycles. The number of hydrogen-bond acceptors (Lipinski definition) is 2. The molecule has 2 heteroatoms. The van der Waals surface area contributed by atoms with Crippen molar-refractivity contribution in [1.29, 1.82) is 0 Å². The molecular weight excluding hydrogens is 234 g/mol. The molecule has 1 N–H and O–H groups in total. The van der Waals surface area contributed by atoms with E-state index in [0.29, 0.717) is 12.0 Å². The Labute approximate surface area is 117 Å². The average molecular weight is 261 g/mol. The van der Waals surface area contributed by atoms with Crippen LogP contribution in [0.5, 0.6) is 0 Å². The maximum atomic E-state index is 6.40. The maximum Gasteiger partial charge on any atom is 0.0805 e. The van der Waals surface area contributed by atoms with Gasteiger partial charge in [-0.2, -0.15) is 0 Å². The largest absolute Gasteiger partial charge is 0.369 e. The second-order valence-corrected chi connectivity index (χ2v) is 5.81. The molecule has 0 bridgehead atoms. The van der Waals surface area contributed by atoms with Gasteiger partial charge in [-0.15, -0.1) is 0 Å². The van der Waals surface area contributed by atoms with Gasteiger partial charge in [0.15, 0.2) is 0 Å². The molecule has 0 spiro atoms. The molecule has 0 aliphatic carbocycles. The lowest BCUT2D eigenvalue weighted by molar-refractivity contribution is -0.123. The van der Waals surface area contributed by atoms with Crippen molar-refractivity contribution in [3.63, 3.8) is 0 Å². The zero-order valence-electron chi connectivity index (χ0n) is 12.5. The van der Waals surface area contributed by atoms with E-state index in [2.05, 4.69) is 56.4 Å². The maximum absolute atomic E-state index is 6.40. The predicted molar refractivity (Wildman–Crippen MR) is 80.5 cm³/mol. The van der Waals surface area contributed by atoms with E-state index in [0.717, 1.165) is 32.4 Å². The number of benzene rings is 1. The highest BCUT2D eigenvalue weighted by Crippen LogP contribution is 2.29. The molecule has 2 atom stereocenters. The van der Waals surface area contributed by atoms with Crippen LogP contribution in [-0.2, 0) is 4.74 Å². The zero-order valence-corrected chi connectivity index (χ0v) is 12.5. The van der Waals surface area contributed by atoms with Gasteiger partial charge in [0.1, 0.15) is 0 Å². The van der Waals surface area contributed by atoms with E-state index in [1.54, 1.807) is 0 Å². The topological polar surface area (TPSA) is 21.3 Å². The highest BCUT2D eigenvalue weighted by molar-refractivity contribution is 5.18. The van der Waals surface area contributed by atoms with E-state index in [1.165, 1.54) is 5.56 Å². The van der Waals surface area contributed by atoms with Gasteiger partial charge in [0.25, 0.3) is 0 Å². The van der Waals surface area contributed by atoms with Crippen molar-refractivity contribution in [1.82, 2.24) is 5.32 Å². The second-order valence-electron chi connectivity index (χ2n) is 5.81. The highest BCUT2D eigenvalue weighted by Gasteiger charge is 2.34. The lowest BCUT2D eigenvalue weighted by atomic mass is 9.91. The molecule has 1 saturated heterocycles. The smallest absolute Gasteiger partial charge is 0.0805 e. The minimum absolute atomic E-state index is 0.0549. The van der Waals surface area contributed by atoms with E-state index >= 15 is 0 Å². The Morgan fingerprint density at radius 3 is 2.58 bits per heavy atom. The number of hydrogen-bond donors (Lipinski definition) is 1. The van der Waals surface area contributed by atoms with Gasteiger partial charge in [-0.1, -0.05) is 51.1 Å². The van der Waals surface area contributed by atoms with Gasteiger partial charge in [0, 0.05) is 13.1 Å².